The number of anilines is 1. The van der Waals surface area contributed by atoms with Gasteiger partial charge in [0.25, 0.3) is 0 Å². The Bertz CT molecular complexity index is 1390. The average molecular weight is 423 g/mol. The van der Waals surface area contributed by atoms with Crippen LogP contribution in [0.2, 0.25) is 0 Å². The molecule has 2 aliphatic carbocycles. The van der Waals surface area contributed by atoms with Crippen molar-refractivity contribution in [2.24, 2.45) is 0 Å². The van der Waals surface area contributed by atoms with Gasteiger partial charge in [0, 0.05) is 24.0 Å². The van der Waals surface area contributed by atoms with Gasteiger partial charge in [-0.3, -0.25) is 9.97 Å². The zero-order chi connectivity index (χ0) is 21.7. The van der Waals surface area contributed by atoms with Crippen molar-refractivity contribution in [1.29, 1.82) is 0 Å². The van der Waals surface area contributed by atoms with E-state index in [0.717, 1.165) is 42.3 Å². The molecule has 4 aromatic rings. The first-order chi connectivity index (χ1) is 15.7. The summed E-state index contributed by atoms with van der Waals surface area (Å²) in [5, 5.41) is 3.66. The zero-order valence-electron chi connectivity index (χ0n) is 17.8. The van der Waals surface area contributed by atoms with E-state index in [1.807, 2.05) is 13.0 Å². The summed E-state index contributed by atoms with van der Waals surface area (Å²) >= 11 is 0. The number of benzene rings is 1. The number of fused-ring (bicyclic) bond motifs is 3. The van der Waals surface area contributed by atoms with Crippen molar-refractivity contribution in [3.63, 3.8) is 0 Å². The van der Waals surface area contributed by atoms with E-state index >= 15 is 0 Å². The number of hydrogen-bond donors (Lipinski definition) is 1. The Labute approximate surface area is 185 Å². The Morgan fingerprint density at radius 2 is 1.97 bits per heavy atom. The van der Waals surface area contributed by atoms with Crippen LogP contribution in [-0.4, -0.2) is 26.0 Å². The second-order valence-electron chi connectivity index (χ2n) is 8.61. The van der Waals surface area contributed by atoms with Crippen LogP contribution in [0.4, 0.5) is 10.2 Å². The third-order valence-corrected chi connectivity index (χ3v) is 6.51. The molecule has 0 spiro atoms. The maximum Gasteiger partial charge on any atom is 0.163 e. The topological polar surface area (TPSA) is 63.6 Å². The van der Waals surface area contributed by atoms with Gasteiger partial charge in [0.15, 0.2) is 11.6 Å². The maximum atomic E-state index is 13.8. The van der Waals surface area contributed by atoms with E-state index in [4.69, 9.17) is 9.97 Å². The van der Waals surface area contributed by atoms with Crippen molar-refractivity contribution in [3.8, 4) is 11.4 Å². The second-order valence-corrected chi connectivity index (χ2v) is 8.61. The summed E-state index contributed by atoms with van der Waals surface area (Å²) in [7, 11) is 0. The van der Waals surface area contributed by atoms with Gasteiger partial charge in [0.1, 0.15) is 11.3 Å². The Morgan fingerprint density at radius 1 is 1.06 bits per heavy atom. The van der Waals surface area contributed by atoms with Crippen LogP contribution in [0.15, 0.2) is 60.6 Å². The molecule has 0 amide bonds. The summed E-state index contributed by atoms with van der Waals surface area (Å²) < 4.78 is 13.8. The number of allylic oxidation sites excluding steroid dienone is 1. The summed E-state index contributed by atoms with van der Waals surface area (Å²) in [6.45, 7) is 2.00. The molecule has 0 saturated heterocycles. The van der Waals surface area contributed by atoms with Gasteiger partial charge < -0.3 is 5.32 Å². The van der Waals surface area contributed by atoms with Crippen molar-refractivity contribution in [1.82, 2.24) is 19.9 Å². The molecule has 0 fully saturated rings. The molecule has 1 aromatic carbocycles. The minimum Gasteiger partial charge on any atom is -0.365 e. The van der Waals surface area contributed by atoms with Crippen LogP contribution in [0.1, 0.15) is 36.0 Å². The highest BCUT2D eigenvalue weighted by Gasteiger charge is 2.28. The third-order valence-electron chi connectivity index (χ3n) is 6.51. The highest BCUT2D eigenvalue weighted by molar-refractivity contribution is 5.89. The Hall–Kier alpha value is -3.67. The average Bonchev–Trinajstić information content (AvgIpc) is 3.18. The van der Waals surface area contributed by atoms with E-state index in [9.17, 15) is 4.39 Å². The van der Waals surface area contributed by atoms with Gasteiger partial charge in [-0.25, -0.2) is 14.4 Å². The molecule has 6 rings (SSSR count). The molecule has 0 bridgehead atoms. The van der Waals surface area contributed by atoms with Crippen LogP contribution in [-0.2, 0) is 6.42 Å². The number of nitrogens with one attached hydrogen (secondary N) is 1. The number of halogens is 1. The number of pyridine rings is 2. The lowest BCUT2D eigenvalue weighted by molar-refractivity contribution is 0.621. The van der Waals surface area contributed by atoms with Crippen molar-refractivity contribution in [2.75, 3.05) is 5.32 Å². The van der Waals surface area contributed by atoms with Gasteiger partial charge >= 0.3 is 0 Å². The monoisotopic (exact) mass is 423 g/mol. The molecule has 6 heteroatoms. The fraction of sp³-hybridized carbons (Fsp3) is 0.231. The fourth-order valence-electron chi connectivity index (χ4n) is 4.92. The van der Waals surface area contributed by atoms with Gasteiger partial charge in [0.2, 0.25) is 0 Å². The minimum absolute atomic E-state index is 0.249. The quantitative estimate of drug-likeness (QED) is 0.471. The van der Waals surface area contributed by atoms with Crippen LogP contribution < -0.4 is 5.32 Å². The molecule has 2 aliphatic rings. The predicted molar refractivity (Wildman–Crippen MR) is 124 cm³/mol. The minimum atomic E-state index is -0.407. The summed E-state index contributed by atoms with van der Waals surface area (Å²) in [4.78, 5) is 18.0. The molecular weight excluding hydrogens is 401 g/mol. The van der Waals surface area contributed by atoms with Gasteiger partial charge in [-0.1, -0.05) is 29.8 Å². The lowest BCUT2D eigenvalue weighted by Gasteiger charge is -2.26. The van der Waals surface area contributed by atoms with E-state index in [1.165, 1.54) is 29.0 Å². The Kier molecular flexibility index (Phi) is 4.45. The number of hydrogen-bond acceptors (Lipinski definition) is 5. The Morgan fingerprint density at radius 3 is 2.88 bits per heavy atom. The van der Waals surface area contributed by atoms with Crippen LogP contribution in [0.25, 0.3) is 28.0 Å². The SMILES string of the molecule is Cc1ccnc2c(N[C@@H]3CCC4=C(C3)c3ccccc3C4)nc(-c3cncc(F)c3)nc12. The molecule has 158 valence electrons. The third kappa shape index (κ3) is 3.23. The van der Waals surface area contributed by atoms with E-state index in [-0.39, 0.29) is 6.04 Å². The van der Waals surface area contributed by atoms with E-state index in [2.05, 4.69) is 39.6 Å². The van der Waals surface area contributed by atoms with Crippen molar-refractivity contribution < 1.29 is 4.39 Å². The van der Waals surface area contributed by atoms with Gasteiger partial charge in [0.05, 0.1) is 11.7 Å². The molecule has 3 aromatic heterocycles. The van der Waals surface area contributed by atoms with Crippen molar-refractivity contribution in [2.45, 2.75) is 38.6 Å². The molecule has 3 heterocycles. The second kappa shape index (κ2) is 7.48. The Balaban J connectivity index is 1.38. The van der Waals surface area contributed by atoms with Crippen molar-refractivity contribution >= 4 is 22.4 Å². The van der Waals surface area contributed by atoms with Crippen LogP contribution in [0.3, 0.4) is 0 Å². The summed E-state index contributed by atoms with van der Waals surface area (Å²) in [5.74, 6) is 0.735. The van der Waals surface area contributed by atoms with E-state index in [0.29, 0.717) is 17.2 Å². The maximum absolute atomic E-state index is 13.8. The fourth-order valence-corrected chi connectivity index (χ4v) is 4.92. The van der Waals surface area contributed by atoms with Crippen LogP contribution in [0.5, 0.6) is 0 Å². The van der Waals surface area contributed by atoms with E-state index < -0.39 is 5.82 Å². The van der Waals surface area contributed by atoms with E-state index in [1.54, 1.807) is 18.0 Å². The molecule has 0 unspecified atom stereocenters. The first-order valence-corrected chi connectivity index (χ1v) is 11.0. The predicted octanol–water partition coefficient (Wildman–Crippen LogP) is 5.51. The lowest BCUT2D eigenvalue weighted by atomic mass is 9.88. The molecule has 32 heavy (non-hydrogen) atoms. The summed E-state index contributed by atoms with van der Waals surface area (Å²) in [6, 6.07) is 12.3. The molecule has 0 saturated carbocycles. The largest absolute Gasteiger partial charge is 0.365 e. The first kappa shape index (κ1) is 19.0. The molecule has 5 nitrogen and oxygen atoms in total. The normalized spacial score (nSPS) is 17.4. The summed E-state index contributed by atoms with van der Waals surface area (Å²) in [5.41, 5.74) is 8.93. The molecular formula is C26H22FN5. The number of aryl methyl sites for hydroxylation is 1. The smallest absolute Gasteiger partial charge is 0.163 e. The van der Waals surface area contributed by atoms with Crippen LogP contribution in [0, 0.1) is 12.7 Å². The number of aromatic nitrogens is 4. The number of rotatable bonds is 3. The highest BCUT2D eigenvalue weighted by Crippen LogP contribution is 2.42. The molecule has 0 aliphatic heterocycles. The summed E-state index contributed by atoms with van der Waals surface area (Å²) in [6.07, 6.45) is 8.71. The van der Waals surface area contributed by atoms with Gasteiger partial charge in [-0.2, -0.15) is 0 Å². The van der Waals surface area contributed by atoms with Crippen molar-refractivity contribution in [3.05, 3.63) is 83.1 Å². The van der Waals surface area contributed by atoms with Crippen LogP contribution >= 0.6 is 0 Å². The zero-order valence-corrected chi connectivity index (χ0v) is 17.8. The first-order valence-electron chi connectivity index (χ1n) is 11.0. The highest BCUT2D eigenvalue weighted by atomic mass is 19.1. The standard InChI is InChI=1S/C26H22FN5/c1-15-8-9-29-24-23(15)31-25(18-11-19(27)14-28-13-18)32-26(24)30-20-7-6-17-10-16-4-2-3-5-21(16)22(17)12-20/h2-5,8-9,11,13-14,20H,6-7,10,12H2,1H3,(H,30,31,32)/t20-/m1/s1. The molecule has 1 atom stereocenters. The molecule has 1 N–H and O–H groups in total. The number of nitrogens with zero attached hydrogens (tertiary/aromatic N) is 4. The van der Waals surface area contributed by atoms with Gasteiger partial charge in [-0.05, 0) is 67.0 Å². The van der Waals surface area contributed by atoms with Gasteiger partial charge in [-0.15, -0.1) is 0 Å². The molecule has 0 radical (unpaired) electrons. The lowest BCUT2D eigenvalue weighted by Crippen LogP contribution is -2.24.